The smallest absolute Gasteiger partial charge is 0.00489 e. The normalized spacial score (nSPS) is 13.6. The van der Waals surface area contributed by atoms with E-state index >= 15 is 0 Å². The predicted molar refractivity (Wildman–Crippen MR) is 41.9 cm³/mol. The molecule has 0 saturated carbocycles. The van der Waals surface area contributed by atoms with Gasteiger partial charge in [-0.3, -0.25) is 0 Å². The Hall–Kier alpha value is -0.980. The van der Waals surface area contributed by atoms with Gasteiger partial charge < -0.3 is 5.73 Å². The lowest BCUT2D eigenvalue weighted by molar-refractivity contribution is 1.31. The topological polar surface area (TPSA) is 26.0 Å². The molecule has 0 heterocycles. The third-order valence-corrected chi connectivity index (χ3v) is 0.931. The molecular weight excluding hydrogens is 110 g/mol. The van der Waals surface area contributed by atoms with E-state index in [2.05, 4.69) is 6.58 Å². The van der Waals surface area contributed by atoms with Crippen LogP contribution in [0.15, 0.2) is 36.1 Å². The second-order valence-electron chi connectivity index (χ2n) is 2.03. The van der Waals surface area contributed by atoms with Gasteiger partial charge in [0.1, 0.15) is 0 Å². The molecule has 0 aliphatic rings. The Morgan fingerprint density at radius 3 is 2.22 bits per heavy atom. The van der Waals surface area contributed by atoms with E-state index < -0.39 is 0 Å². The molecule has 0 aliphatic carbocycles. The number of nitrogens with two attached hydrogens (primary N) is 1. The molecule has 2 N–H and O–H groups in total. The van der Waals surface area contributed by atoms with Gasteiger partial charge in [-0.2, -0.15) is 0 Å². The minimum Gasteiger partial charge on any atom is -0.402 e. The van der Waals surface area contributed by atoms with Crippen molar-refractivity contribution in [3.8, 4) is 0 Å². The molecule has 0 saturated heterocycles. The molecule has 0 radical (unpaired) electrons. The van der Waals surface area contributed by atoms with Gasteiger partial charge in [-0.25, -0.2) is 0 Å². The Bertz CT molecular complexity index is 148. The van der Waals surface area contributed by atoms with E-state index in [1.807, 2.05) is 26.0 Å². The molecule has 0 aliphatic heterocycles. The SMILES string of the molecule is C=C/C(C)=C\C=C(/C)N. The van der Waals surface area contributed by atoms with E-state index in [0.29, 0.717) is 0 Å². The van der Waals surface area contributed by atoms with E-state index in [-0.39, 0.29) is 0 Å². The molecule has 0 aromatic rings. The summed E-state index contributed by atoms with van der Waals surface area (Å²) in [4.78, 5) is 0. The van der Waals surface area contributed by atoms with E-state index in [1.54, 1.807) is 6.08 Å². The molecule has 50 valence electrons. The molecule has 0 amide bonds. The van der Waals surface area contributed by atoms with E-state index in [9.17, 15) is 0 Å². The first-order valence-corrected chi connectivity index (χ1v) is 2.90. The zero-order chi connectivity index (χ0) is 7.28. The van der Waals surface area contributed by atoms with Crippen LogP contribution in [0.5, 0.6) is 0 Å². The molecule has 0 unspecified atom stereocenters. The molecule has 1 nitrogen and oxygen atoms in total. The van der Waals surface area contributed by atoms with Gasteiger partial charge in [0, 0.05) is 5.70 Å². The van der Waals surface area contributed by atoms with Crippen LogP contribution >= 0.6 is 0 Å². The summed E-state index contributed by atoms with van der Waals surface area (Å²) in [5, 5.41) is 0. The van der Waals surface area contributed by atoms with Gasteiger partial charge in [0.2, 0.25) is 0 Å². The maximum absolute atomic E-state index is 5.38. The van der Waals surface area contributed by atoms with Crippen LogP contribution in [0.2, 0.25) is 0 Å². The summed E-state index contributed by atoms with van der Waals surface area (Å²) >= 11 is 0. The minimum atomic E-state index is 0.816. The lowest BCUT2D eigenvalue weighted by atomic mass is 10.2. The number of allylic oxidation sites excluding steroid dienone is 5. The highest BCUT2D eigenvalue weighted by molar-refractivity contribution is 5.20. The second kappa shape index (κ2) is 3.96. The molecular formula is C8H13N. The summed E-state index contributed by atoms with van der Waals surface area (Å²) in [6, 6.07) is 0. The first-order valence-electron chi connectivity index (χ1n) is 2.90. The zero-order valence-electron chi connectivity index (χ0n) is 6.02. The first kappa shape index (κ1) is 8.02. The Morgan fingerprint density at radius 2 is 1.89 bits per heavy atom. The zero-order valence-corrected chi connectivity index (χ0v) is 6.02. The Labute approximate surface area is 56.6 Å². The number of rotatable bonds is 2. The molecule has 0 aromatic heterocycles. The van der Waals surface area contributed by atoms with Crippen LogP contribution in [-0.4, -0.2) is 0 Å². The minimum absolute atomic E-state index is 0.816. The average molecular weight is 123 g/mol. The van der Waals surface area contributed by atoms with E-state index in [1.165, 1.54) is 0 Å². The molecule has 0 rings (SSSR count). The number of hydrogen-bond acceptors (Lipinski definition) is 1. The Balaban J connectivity index is 3.98. The monoisotopic (exact) mass is 123 g/mol. The van der Waals surface area contributed by atoms with Gasteiger partial charge in [0.25, 0.3) is 0 Å². The van der Waals surface area contributed by atoms with Crippen molar-refractivity contribution >= 4 is 0 Å². The highest BCUT2D eigenvalue weighted by Gasteiger charge is 1.75. The van der Waals surface area contributed by atoms with Crippen molar-refractivity contribution in [1.82, 2.24) is 0 Å². The van der Waals surface area contributed by atoms with Crippen LogP contribution in [0, 0.1) is 0 Å². The van der Waals surface area contributed by atoms with Gasteiger partial charge >= 0.3 is 0 Å². The van der Waals surface area contributed by atoms with Gasteiger partial charge in [-0.15, -0.1) is 0 Å². The van der Waals surface area contributed by atoms with E-state index in [0.717, 1.165) is 11.3 Å². The molecule has 0 spiro atoms. The molecule has 1 heteroatoms. The van der Waals surface area contributed by atoms with Crippen molar-refractivity contribution in [2.24, 2.45) is 5.73 Å². The standard InChI is InChI=1S/C8H13N/c1-4-7(2)5-6-8(3)9/h4-6H,1,9H2,2-3H3/b7-5-,8-6+. The van der Waals surface area contributed by atoms with Gasteiger partial charge in [0.15, 0.2) is 0 Å². The average Bonchev–Trinajstić information content (AvgIpc) is 1.83. The van der Waals surface area contributed by atoms with Crippen molar-refractivity contribution in [2.45, 2.75) is 13.8 Å². The van der Waals surface area contributed by atoms with E-state index in [4.69, 9.17) is 5.73 Å². The van der Waals surface area contributed by atoms with Crippen LogP contribution in [-0.2, 0) is 0 Å². The lowest BCUT2D eigenvalue weighted by Gasteiger charge is -1.86. The molecule has 9 heavy (non-hydrogen) atoms. The third kappa shape index (κ3) is 4.88. The highest BCUT2D eigenvalue weighted by Crippen LogP contribution is 1.93. The van der Waals surface area contributed by atoms with Gasteiger partial charge in [-0.1, -0.05) is 24.3 Å². The van der Waals surface area contributed by atoms with Crippen LogP contribution in [0.25, 0.3) is 0 Å². The van der Waals surface area contributed by atoms with Crippen LogP contribution in [0.3, 0.4) is 0 Å². The molecule has 0 fully saturated rings. The maximum atomic E-state index is 5.38. The summed E-state index contributed by atoms with van der Waals surface area (Å²) < 4.78 is 0. The highest BCUT2D eigenvalue weighted by atomic mass is 14.5. The Kier molecular flexibility index (Phi) is 3.52. The molecule has 0 atom stereocenters. The fourth-order valence-electron chi connectivity index (χ4n) is 0.331. The van der Waals surface area contributed by atoms with Crippen LogP contribution < -0.4 is 5.73 Å². The largest absolute Gasteiger partial charge is 0.402 e. The van der Waals surface area contributed by atoms with Crippen molar-refractivity contribution in [1.29, 1.82) is 0 Å². The van der Waals surface area contributed by atoms with Crippen LogP contribution in [0.4, 0.5) is 0 Å². The second-order valence-corrected chi connectivity index (χ2v) is 2.03. The summed E-state index contributed by atoms with van der Waals surface area (Å²) in [7, 11) is 0. The molecule has 0 bridgehead atoms. The van der Waals surface area contributed by atoms with Crippen molar-refractivity contribution in [3.05, 3.63) is 36.1 Å². The van der Waals surface area contributed by atoms with Crippen molar-refractivity contribution in [2.75, 3.05) is 0 Å². The fraction of sp³-hybridized carbons (Fsp3) is 0.250. The quantitative estimate of drug-likeness (QED) is 0.558. The third-order valence-electron chi connectivity index (χ3n) is 0.931. The van der Waals surface area contributed by atoms with Crippen LogP contribution in [0.1, 0.15) is 13.8 Å². The number of hydrogen-bond donors (Lipinski definition) is 1. The van der Waals surface area contributed by atoms with Crippen molar-refractivity contribution < 1.29 is 0 Å². The summed E-state index contributed by atoms with van der Waals surface area (Å²) in [5.74, 6) is 0. The first-order chi connectivity index (χ1) is 4.16. The summed E-state index contributed by atoms with van der Waals surface area (Å²) in [6.07, 6.45) is 5.58. The fourth-order valence-corrected chi connectivity index (χ4v) is 0.331. The maximum Gasteiger partial charge on any atom is 0.00489 e. The Morgan fingerprint density at radius 1 is 1.33 bits per heavy atom. The summed E-state index contributed by atoms with van der Waals surface area (Å²) in [6.45, 7) is 7.43. The molecule has 0 aromatic carbocycles. The van der Waals surface area contributed by atoms with Crippen molar-refractivity contribution in [3.63, 3.8) is 0 Å². The predicted octanol–water partition coefficient (Wildman–Crippen LogP) is 1.98. The summed E-state index contributed by atoms with van der Waals surface area (Å²) in [5.41, 5.74) is 7.32. The van der Waals surface area contributed by atoms with Gasteiger partial charge in [0.05, 0.1) is 0 Å². The van der Waals surface area contributed by atoms with Gasteiger partial charge in [-0.05, 0) is 19.9 Å². The lowest BCUT2D eigenvalue weighted by Crippen LogP contribution is -1.87.